The number of hydrogen-bond donors (Lipinski definition) is 6. The number of rotatable bonds is 10. The third-order valence-electron chi connectivity index (χ3n) is 7.01. The fraction of sp³-hybridized carbons (Fsp3) is 0.357. The number of likely N-dealkylation sites (tertiary alicyclic amines) is 1. The lowest BCUT2D eigenvalue weighted by Gasteiger charge is -2.28. The van der Waals surface area contributed by atoms with Crippen molar-refractivity contribution in [2.75, 3.05) is 6.54 Å². The van der Waals surface area contributed by atoms with E-state index in [0.29, 0.717) is 19.4 Å². The Kier molecular flexibility index (Phi) is 8.50. The minimum Gasteiger partial charge on any atom is -0.508 e. The van der Waals surface area contributed by atoms with Crippen molar-refractivity contribution in [1.82, 2.24) is 20.5 Å². The number of phenols is 1. The standard InChI is InChI=1S/C28H33N5O6/c1-16(31-25(35)21(29)13-17-8-10-19(34)11-9-17)27(37)33-12-4-7-24(33)26(36)32-23(28(38)39)14-18-15-30-22-6-3-2-5-20(18)22/h2-3,5-6,8-11,15-16,21,23-24,30,34H,4,7,12-14,29H2,1H3,(H,31,35)(H,32,36)(H,38,39). The molecule has 4 atom stereocenters. The van der Waals surface area contributed by atoms with Crippen LogP contribution in [0.2, 0.25) is 0 Å². The fourth-order valence-corrected chi connectivity index (χ4v) is 4.90. The van der Waals surface area contributed by atoms with E-state index < -0.39 is 47.9 Å². The highest BCUT2D eigenvalue weighted by atomic mass is 16.4. The molecule has 0 bridgehead atoms. The van der Waals surface area contributed by atoms with Crippen LogP contribution in [0.5, 0.6) is 5.75 Å². The summed E-state index contributed by atoms with van der Waals surface area (Å²) < 4.78 is 0. The molecule has 4 unspecified atom stereocenters. The molecule has 11 nitrogen and oxygen atoms in total. The molecule has 1 aliphatic rings. The number of aromatic hydroxyl groups is 1. The average molecular weight is 536 g/mol. The summed E-state index contributed by atoms with van der Waals surface area (Å²) in [6, 6.07) is 9.95. The zero-order valence-electron chi connectivity index (χ0n) is 21.6. The molecule has 4 rings (SSSR count). The third kappa shape index (κ3) is 6.55. The summed E-state index contributed by atoms with van der Waals surface area (Å²) in [6.45, 7) is 1.84. The Morgan fingerprint density at radius 1 is 1.08 bits per heavy atom. The minimum absolute atomic E-state index is 0.0805. The van der Waals surface area contributed by atoms with Crippen LogP contribution in [-0.2, 0) is 32.0 Å². The Balaban J connectivity index is 1.35. The molecule has 39 heavy (non-hydrogen) atoms. The molecule has 0 aliphatic carbocycles. The molecule has 3 amide bonds. The molecule has 206 valence electrons. The molecule has 1 aliphatic heterocycles. The van der Waals surface area contributed by atoms with E-state index in [2.05, 4.69) is 15.6 Å². The number of nitrogens with one attached hydrogen (secondary N) is 3. The van der Waals surface area contributed by atoms with Crippen LogP contribution in [0.3, 0.4) is 0 Å². The normalized spacial score (nSPS) is 17.4. The van der Waals surface area contributed by atoms with Crippen LogP contribution in [-0.4, -0.2) is 74.5 Å². The summed E-state index contributed by atoms with van der Waals surface area (Å²) in [6.07, 6.45) is 2.99. The lowest BCUT2D eigenvalue weighted by Crippen LogP contribution is -2.56. The number of fused-ring (bicyclic) bond motifs is 1. The summed E-state index contributed by atoms with van der Waals surface area (Å²) in [5.74, 6) is -2.58. The summed E-state index contributed by atoms with van der Waals surface area (Å²) in [7, 11) is 0. The molecule has 1 saturated heterocycles. The van der Waals surface area contributed by atoms with Crippen LogP contribution in [0, 0.1) is 0 Å². The first kappa shape index (κ1) is 27.6. The topological polar surface area (TPSA) is 178 Å². The number of amides is 3. The van der Waals surface area contributed by atoms with Gasteiger partial charge in [-0.05, 0) is 55.5 Å². The number of benzene rings is 2. The Morgan fingerprint density at radius 3 is 2.51 bits per heavy atom. The molecule has 11 heteroatoms. The smallest absolute Gasteiger partial charge is 0.326 e. The van der Waals surface area contributed by atoms with E-state index in [0.717, 1.165) is 22.0 Å². The SMILES string of the molecule is CC(NC(=O)C(N)Cc1ccc(O)cc1)C(=O)N1CCCC1C(=O)NC(Cc1c[nH]c2ccccc12)C(=O)O. The molecule has 1 fully saturated rings. The second-order valence-corrected chi connectivity index (χ2v) is 9.86. The van der Waals surface area contributed by atoms with Gasteiger partial charge < -0.3 is 36.5 Å². The minimum atomic E-state index is -1.18. The summed E-state index contributed by atoms with van der Waals surface area (Å²) in [5, 5.41) is 25.3. The highest BCUT2D eigenvalue weighted by Crippen LogP contribution is 2.21. The number of nitrogens with zero attached hydrogens (tertiary/aromatic N) is 1. The van der Waals surface area contributed by atoms with Gasteiger partial charge in [0.2, 0.25) is 17.7 Å². The molecule has 0 saturated carbocycles. The van der Waals surface area contributed by atoms with Gasteiger partial charge in [-0.15, -0.1) is 0 Å². The number of aromatic amines is 1. The number of carbonyl (C=O) groups is 4. The van der Waals surface area contributed by atoms with Gasteiger partial charge in [-0.3, -0.25) is 14.4 Å². The third-order valence-corrected chi connectivity index (χ3v) is 7.01. The van der Waals surface area contributed by atoms with Crippen LogP contribution in [0.4, 0.5) is 0 Å². The Morgan fingerprint density at radius 2 is 1.79 bits per heavy atom. The van der Waals surface area contributed by atoms with E-state index in [1.807, 2.05) is 24.3 Å². The number of H-pyrrole nitrogens is 1. The van der Waals surface area contributed by atoms with E-state index in [4.69, 9.17) is 5.73 Å². The molecular weight excluding hydrogens is 502 g/mol. The summed E-state index contributed by atoms with van der Waals surface area (Å²) >= 11 is 0. The Hall–Kier alpha value is -4.38. The van der Waals surface area contributed by atoms with Gasteiger partial charge >= 0.3 is 5.97 Å². The highest BCUT2D eigenvalue weighted by Gasteiger charge is 2.38. The number of carboxylic acids is 1. The summed E-state index contributed by atoms with van der Waals surface area (Å²) in [4.78, 5) is 55.4. The predicted molar refractivity (Wildman–Crippen MR) is 144 cm³/mol. The van der Waals surface area contributed by atoms with Gasteiger partial charge in [-0.1, -0.05) is 30.3 Å². The number of hydrogen-bond acceptors (Lipinski definition) is 6. The van der Waals surface area contributed by atoms with Crippen LogP contribution < -0.4 is 16.4 Å². The maximum absolute atomic E-state index is 13.2. The number of nitrogens with two attached hydrogens (primary N) is 1. The van der Waals surface area contributed by atoms with Crippen molar-refractivity contribution in [1.29, 1.82) is 0 Å². The molecular formula is C28H33N5O6. The van der Waals surface area contributed by atoms with Crippen molar-refractivity contribution >= 4 is 34.6 Å². The number of carboxylic acid groups (broad SMARTS) is 1. The zero-order chi connectivity index (χ0) is 28.1. The molecule has 2 heterocycles. The maximum Gasteiger partial charge on any atom is 0.326 e. The molecule has 0 radical (unpaired) electrons. The monoisotopic (exact) mass is 535 g/mol. The van der Waals surface area contributed by atoms with E-state index in [-0.39, 0.29) is 18.6 Å². The molecule has 0 spiro atoms. The zero-order valence-corrected chi connectivity index (χ0v) is 21.6. The predicted octanol–water partition coefficient (Wildman–Crippen LogP) is 1.05. The maximum atomic E-state index is 13.2. The fourth-order valence-electron chi connectivity index (χ4n) is 4.90. The molecule has 7 N–H and O–H groups in total. The van der Waals surface area contributed by atoms with Crippen molar-refractivity contribution in [2.24, 2.45) is 5.73 Å². The van der Waals surface area contributed by atoms with Gasteiger partial charge in [0.05, 0.1) is 6.04 Å². The molecule has 3 aromatic rings. The number of aliphatic carboxylic acids is 1. The van der Waals surface area contributed by atoms with Crippen molar-refractivity contribution < 1.29 is 29.4 Å². The first-order valence-electron chi connectivity index (χ1n) is 12.9. The van der Waals surface area contributed by atoms with Gasteiger partial charge in [-0.2, -0.15) is 0 Å². The number of aromatic nitrogens is 1. The first-order valence-corrected chi connectivity index (χ1v) is 12.9. The highest BCUT2D eigenvalue weighted by molar-refractivity contribution is 5.94. The van der Waals surface area contributed by atoms with Gasteiger partial charge in [0.25, 0.3) is 0 Å². The second-order valence-electron chi connectivity index (χ2n) is 9.86. The van der Waals surface area contributed by atoms with Crippen LogP contribution in [0.25, 0.3) is 10.9 Å². The quantitative estimate of drug-likeness (QED) is 0.225. The summed E-state index contributed by atoms with van der Waals surface area (Å²) in [5.41, 5.74) is 8.40. The van der Waals surface area contributed by atoms with E-state index in [9.17, 15) is 29.4 Å². The van der Waals surface area contributed by atoms with Crippen LogP contribution in [0.15, 0.2) is 54.7 Å². The number of phenolic OH excluding ortho intramolecular Hbond substituents is 1. The molecule has 1 aromatic heterocycles. The lowest BCUT2D eigenvalue weighted by molar-refractivity contribution is -0.144. The van der Waals surface area contributed by atoms with Gasteiger partial charge in [0.1, 0.15) is 23.9 Å². The second kappa shape index (κ2) is 12.0. The van der Waals surface area contributed by atoms with Crippen molar-refractivity contribution in [3.8, 4) is 5.75 Å². The van der Waals surface area contributed by atoms with Gasteiger partial charge in [0, 0.05) is 30.1 Å². The van der Waals surface area contributed by atoms with E-state index >= 15 is 0 Å². The van der Waals surface area contributed by atoms with Gasteiger partial charge in [0.15, 0.2) is 0 Å². The van der Waals surface area contributed by atoms with Crippen molar-refractivity contribution in [2.45, 2.75) is 56.8 Å². The molecule has 2 aromatic carbocycles. The largest absolute Gasteiger partial charge is 0.508 e. The number of carbonyl (C=O) groups excluding carboxylic acids is 3. The van der Waals surface area contributed by atoms with Crippen molar-refractivity contribution in [3.63, 3.8) is 0 Å². The average Bonchev–Trinajstić information content (AvgIpc) is 3.56. The number of para-hydroxylation sites is 1. The van der Waals surface area contributed by atoms with E-state index in [1.54, 1.807) is 18.3 Å². The van der Waals surface area contributed by atoms with Crippen molar-refractivity contribution in [3.05, 3.63) is 65.9 Å². The first-order chi connectivity index (χ1) is 18.6. The van der Waals surface area contributed by atoms with Crippen LogP contribution in [0.1, 0.15) is 30.9 Å². The Labute approximate surface area is 225 Å². The van der Waals surface area contributed by atoms with Gasteiger partial charge in [-0.25, -0.2) is 4.79 Å². The Bertz CT molecular complexity index is 1350. The lowest BCUT2D eigenvalue weighted by atomic mass is 10.0. The van der Waals surface area contributed by atoms with E-state index in [1.165, 1.54) is 24.0 Å². The van der Waals surface area contributed by atoms with Crippen LogP contribution >= 0.6 is 0 Å².